The smallest absolute Gasteiger partial charge is 0.261 e. The zero-order valence-electron chi connectivity index (χ0n) is 19.0. The fraction of sp³-hybridized carbons (Fsp3) is 0.154. The lowest BCUT2D eigenvalue weighted by atomic mass is 9.87. The van der Waals surface area contributed by atoms with Gasteiger partial charge in [-0.3, -0.25) is 9.82 Å². The third kappa shape index (κ3) is 4.20. The molecule has 2 aromatic heterocycles. The second kappa shape index (κ2) is 8.14. The van der Waals surface area contributed by atoms with E-state index in [4.69, 9.17) is 9.40 Å². The van der Waals surface area contributed by atoms with Gasteiger partial charge in [0, 0.05) is 11.3 Å². The molecule has 2 N–H and O–H groups in total. The third-order valence-electron chi connectivity index (χ3n) is 5.60. The number of aromatic amines is 1. The van der Waals surface area contributed by atoms with Crippen LogP contribution in [0.1, 0.15) is 26.3 Å². The number of benzene rings is 3. The van der Waals surface area contributed by atoms with Crippen LogP contribution in [0.15, 0.2) is 88.3 Å². The number of sulfonamides is 1. The van der Waals surface area contributed by atoms with Crippen molar-refractivity contribution in [3.8, 4) is 22.7 Å². The molecule has 0 spiro atoms. The molecule has 5 rings (SSSR count). The number of oxazole rings is 1. The maximum atomic E-state index is 12.6. The second-order valence-electron chi connectivity index (χ2n) is 9.11. The average molecular weight is 473 g/mol. The van der Waals surface area contributed by atoms with Crippen molar-refractivity contribution in [2.45, 2.75) is 31.1 Å². The van der Waals surface area contributed by atoms with Crippen molar-refractivity contribution in [1.82, 2.24) is 15.2 Å². The first-order chi connectivity index (χ1) is 16.2. The van der Waals surface area contributed by atoms with Crippen molar-refractivity contribution in [3.05, 3.63) is 84.6 Å². The van der Waals surface area contributed by atoms with Gasteiger partial charge in [0.25, 0.3) is 10.0 Å². The van der Waals surface area contributed by atoms with Gasteiger partial charge in [0.1, 0.15) is 5.52 Å². The first kappa shape index (κ1) is 21.9. The summed E-state index contributed by atoms with van der Waals surface area (Å²) in [6.45, 7) is 6.48. The monoisotopic (exact) mass is 472 g/mol. The van der Waals surface area contributed by atoms with Gasteiger partial charge in [-0.05, 0) is 47.4 Å². The Labute approximate surface area is 197 Å². The summed E-state index contributed by atoms with van der Waals surface area (Å²) in [7, 11) is -3.66. The van der Waals surface area contributed by atoms with E-state index in [1.54, 1.807) is 48.7 Å². The van der Waals surface area contributed by atoms with Crippen molar-refractivity contribution < 1.29 is 12.8 Å². The number of rotatable bonds is 5. The van der Waals surface area contributed by atoms with E-state index < -0.39 is 10.0 Å². The number of nitrogens with zero attached hydrogens (tertiary/aromatic N) is 2. The molecule has 0 aliphatic carbocycles. The van der Waals surface area contributed by atoms with Crippen LogP contribution in [0, 0.1) is 0 Å². The summed E-state index contributed by atoms with van der Waals surface area (Å²) in [5, 5.41) is 7.19. The van der Waals surface area contributed by atoms with E-state index in [0.717, 1.165) is 22.3 Å². The molecule has 172 valence electrons. The van der Waals surface area contributed by atoms with E-state index in [1.807, 2.05) is 18.2 Å². The van der Waals surface area contributed by atoms with E-state index in [2.05, 4.69) is 47.8 Å². The molecule has 0 unspecified atom stereocenters. The minimum absolute atomic E-state index is 0.0118. The summed E-state index contributed by atoms with van der Waals surface area (Å²) in [5.41, 5.74) is 5.45. The summed E-state index contributed by atoms with van der Waals surface area (Å²) in [5.74, 6) is 0.471. The maximum Gasteiger partial charge on any atom is 0.261 e. The van der Waals surface area contributed by atoms with Gasteiger partial charge in [-0.2, -0.15) is 5.10 Å². The first-order valence-electron chi connectivity index (χ1n) is 10.8. The molecule has 5 aromatic rings. The Kier molecular flexibility index (Phi) is 5.25. The Morgan fingerprint density at radius 1 is 0.941 bits per heavy atom. The van der Waals surface area contributed by atoms with Gasteiger partial charge >= 0.3 is 0 Å². The molecule has 0 bridgehead atoms. The van der Waals surface area contributed by atoms with Crippen LogP contribution < -0.4 is 4.72 Å². The quantitative estimate of drug-likeness (QED) is 0.327. The molecule has 0 atom stereocenters. The largest absolute Gasteiger partial charge is 0.436 e. The minimum Gasteiger partial charge on any atom is -0.436 e. The lowest BCUT2D eigenvalue weighted by molar-refractivity contribution is 0.590. The highest BCUT2D eigenvalue weighted by molar-refractivity contribution is 7.92. The van der Waals surface area contributed by atoms with Crippen LogP contribution in [0.5, 0.6) is 0 Å². The van der Waals surface area contributed by atoms with Gasteiger partial charge in [0.2, 0.25) is 5.89 Å². The van der Waals surface area contributed by atoms with Gasteiger partial charge in [-0.1, -0.05) is 57.2 Å². The minimum atomic E-state index is -3.66. The van der Waals surface area contributed by atoms with Gasteiger partial charge < -0.3 is 4.42 Å². The number of fused-ring (bicyclic) bond motifs is 1. The van der Waals surface area contributed by atoms with Crippen LogP contribution in [0.4, 0.5) is 5.69 Å². The van der Waals surface area contributed by atoms with Crippen molar-refractivity contribution in [3.63, 3.8) is 0 Å². The second-order valence-corrected chi connectivity index (χ2v) is 10.8. The first-order valence-corrected chi connectivity index (χ1v) is 12.3. The van der Waals surface area contributed by atoms with Gasteiger partial charge in [0.15, 0.2) is 5.58 Å². The van der Waals surface area contributed by atoms with Crippen molar-refractivity contribution in [2.75, 3.05) is 4.72 Å². The molecule has 0 saturated carbocycles. The normalized spacial score (nSPS) is 12.2. The van der Waals surface area contributed by atoms with Crippen molar-refractivity contribution in [1.29, 1.82) is 0 Å². The molecule has 8 heteroatoms. The van der Waals surface area contributed by atoms with E-state index in [9.17, 15) is 8.42 Å². The standard InChI is InChI=1S/C26H24N4O3S/c1-26(2,3)18-11-14-23-22(15-18)28-25(33-23)21-16-27-29-24(21)17-9-12-19(13-10-17)30-34(31,32)20-7-5-4-6-8-20/h4-16,30H,1-3H3,(H,27,29). The van der Waals surface area contributed by atoms with Gasteiger partial charge in [-0.25, -0.2) is 13.4 Å². The Bertz CT molecular complexity index is 1560. The predicted molar refractivity (Wildman–Crippen MR) is 133 cm³/mol. The molecule has 0 aliphatic heterocycles. The fourth-order valence-electron chi connectivity index (χ4n) is 3.70. The van der Waals surface area contributed by atoms with Crippen LogP contribution in [0.25, 0.3) is 33.8 Å². The number of aromatic nitrogens is 3. The molecule has 0 fully saturated rings. The number of nitrogens with one attached hydrogen (secondary N) is 2. The SMILES string of the molecule is CC(C)(C)c1ccc2oc(-c3cn[nH]c3-c3ccc(NS(=O)(=O)c4ccccc4)cc3)nc2c1. The van der Waals surface area contributed by atoms with Crippen LogP contribution in [0.2, 0.25) is 0 Å². The Morgan fingerprint density at radius 2 is 1.68 bits per heavy atom. The number of H-pyrrole nitrogens is 1. The Morgan fingerprint density at radius 3 is 2.38 bits per heavy atom. The zero-order valence-corrected chi connectivity index (χ0v) is 19.8. The van der Waals surface area contributed by atoms with E-state index >= 15 is 0 Å². The number of anilines is 1. The Balaban J connectivity index is 1.43. The van der Waals surface area contributed by atoms with Crippen LogP contribution in [-0.2, 0) is 15.4 Å². The topological polar surface area (TPSA) is 101 Å². The fourth-order valence-corrected chi connectivity index (χ4v) is 4.78. The molecule has 0 aliphatic rings. The summed E-state index contributed by atoms with van der Waals surface area (Å²) >= 11 is 0. The summed E-state index contributed by atoms with van der Waals surface area (Å²) in [6, 6.07) is 21.4. The molecule has 0 amide bonds. The molecule has 0 saturated heterocycles. The van der Waals surface area contributed by atoms with E-state index in [-0.39, 0.29) is 10.3 Å². The lowest BCUT2D eigenvalue weighted by Crippen LogP contribution is -2.12. The molecule has 7 nitrogen and oxygen atoms in total. The highest BCUT2D eigenvalue weighted by atomic mass is 32.2. The molecule has 2 heterocycles. The van der Waals surface area contributed by atoms with Crippen molar-refractivity contribution in [2.24, 2.45) is 0 Å². The summed E-state index contributed by atoms with van der Waals surface area (Å²) in [4.78, 5) is 4.91. The summed E-state index contributed by atoms with van der Waals surface area (Å²) < 4.78 is 33.8. The zero-order chi connectivity index (χ0) is 23.9. The maximum absolute atomic E-state index is 12.6. The van der Waals surface area contributed by atoms with E-state index in [0.29, 0.717) is 17.2 Å². The Hall–Kier alpha value is -3.91. The molecular formula is C26H24N4O3S. The lowest BCUT2D eigenvalue weighted by Gasteiger charge is -2.18. The molecule has 3 aromatic carbocycles. The number of hydrogen-bond donors (Lipinski definition) is 2. The van der Waals surface area contributed by atoms with Crippen LogP contribution in [-0.4, -0.2) is 23.6 Å². The summed E-state index contributed by atoms with van der Waals surface area (Å²) in [6.07, 6.45) is 1.68. The van der Waals surface area contributed by atoms with Crippen LogP contribution in [0.3, 0.4) is 0 Å². The molecule has 0 radical (unpaired) electrons. The average Bonchev–Trinajstić information content (AvgIpc) is 3.46. The molecule has 34 heavy (non-hydrogen) atoms. The highest BCUT2D eigenvalue weighted by Gasteiger charge is 2.19. The highest BCUT2D eigenvalue weighted by Crippen LogP contribution is 2.34. The third-order valence-corrected chi connectivity index (χ3v) is 7.00. The number of hydrogen-bond acceptors (Lipinski definition) is 5. The van der Waals surface area contributed by atoms with Gasteiger partial charge in [-0.15, -0.1) is 0 Å². The molecular weight excluding hydrogens is 448 g/mol. The predicted octanol–water partition coefficient (Wildman–Crippen LogP) is 5.98. The van der Waals surface area contributed by atoms with Crippen molar-refractivity contribution >= 4 is 26.8 Å². The van der Waals surface area contributed by atoms with Crippen LogP contribution >= 0.6 is 0 Å². The van der Waals surface area contributed by atoms with E-state index in [1.165, 1.54) is 5.56 Å². The van der Waals surface area contributed by atoms with Gasteiger partial charge in [0.05, 0.1) is 22.3 Å².